The lowest BCUT2D eigenvalue weighted by molar-refractivity contribution is -0.139. The molecule has 0 aliphatic rings. The zero-order valence-corrected chi connectivity index (χ0v) is 14.2. The van der Waals surface area contributed by atoms with Crippen molar-refractivity contribution in [2.45, 2.75) is 30.8 Å². The van der Waals surface area contributed by atoms with E-state index in [2.05, 4.69) is 16.5 Å². The van der Waals surface area contributed by atoms with Gasteiger partial charge in [-0.2, -0.15) is 0 Å². The molecule has 0 amide bonds. The number of esters is 1. The Morgan fingerprint density at radius 1 is 1.48 bits per heavy atom. The molecule has 0 spiro atoms. The van der Waals surface area contributed by atoms with E-state index in [-0.39, 0.29) is 11.2 Å². The minimum absolute atomic E-state index is 0.263. The average molecular weight is 338 g/mol. The summed E-state index contributed by atoms with van der Waals surface area (Å²) < 4.78 is 7.62. The molecule has 2 heterocycles. The highest BCUT2D eigenvalue weighted by Gasteiger charge is 2.22. The van der Waals surface area contributed by atoms with E-state index >= 15 is 0 Å². The second-order valence-electron chi connectivity index (χ2n) is 5.21. The molecule has 2 rings (SSSR count). The number of ether oxygens (including phenoxy) is 1. The smallest absolute Gasteiger partial charge is 0.329 e. The molecule has 124 valence electrons. The van der Waals surface area contributed by atoms with Crippen molar-refractivity contribution < 1.29 is 9.53 Å². The maximum absolute atomic E-state index is 12.2. The number of fused-ring (bicyclic) bond motifs is 1. The molecule has 0 bridgehead atoms. The van der Waals surface area contributed by atoms with E-state index in [1.165, 1.54) is 18.7 Å². The highest BCUT2D eigenvalue weighted by molar-refractivity contribution is 8.00. The SMILES string of the molecule is C=C(C)Cn1c(S[C@H](C)C(=O)OC)nc2c1c(=O)[nH]c(=O)n2C. The van der Waals surface area contributed by atoms with Crippen LogP contribution < -0.4 is 11.2 Å². The Labute approximate surface area is 136 Å². The van der Waals surface area contributed by atoms with E-state index in [9.17, 15) is 14.4 Å². The van der Waals surface area contributed by atoms with Gasteiger partial charge < -0.3 is 9.30 Å². The van der Waals surface area contributed by atoms with Crippen molar-refractivity contribution in [3.63, 3.8) is 0 Å². The van der Waals surface area contributed by atoms with Crippen molar-refractivity contribution in [2.24, 2.45) is 7.05 Å². The molecule has 0 fully saturated rings. The van der Waals surface area contributed by atoms with Crippen LogP contribution in [0.1, 0.15) is 13.8 Å². The minimum atomic E-state index is -0.542. The molecule has 2 aromatic rings. The number of methoxy groups -OCH3 is 1. The summed E-state index contributed by atoms with van der Waals surface area (Å²) in [4.78, 5) is 42.2. The number of nitrogens with one attached hydrogen (secondary N) is 1. The molecular formula is C14H18N4O4S. The monoisotopic (exact) mass is 338 g/mol. The zero-order valence-electron chi connectivity index (χ0n) is 13.4. The highest BCUT2D eigenvalue weighted by Crippen LogP contribution is 2.26. The van der Waals surface area contributed by atoms with Crippen LogP contribution in [0.15, 0.2) is 26.9 Å². The van der Waals surface area contributed by atoms with Crippen molar-refractivity contribution in [2.75, 3.05) is 7.11 Å². The Kier molecular flexibility index (Phi) is 4.79. The van der Waals surface area contributed by atoms with Gasteiger partial charge in [-0.25, -0.2) is 9.78 Å². The molecule has 1 N–H and O–H groups in total. The number of carbonyl (C=O) groups is 1. The number of thioether (sulfide) groups is 1. The third-order valence-electron chi connectivity index (χ3n) is 3.22. The van der Waals surface area contributed by atoms with Crippen LogP contribution in [-0.4, -0.2) is 37.4 Å². The number of aryl methyl sites for hydroxylation is 1. The summed E-state index contributed by atoms with van der Waals surface area (Å²) >= 11 is 1.16. The van der Waals surface area contributed by atoms with Gasteiger partial charge in [-0.1, -0.05) is 23.9 Å². The Morgan fingerprint density at radius 2 is 2.13 bits per heavy atom. The lowest BCUT2D eigenvalue weighted by Gasteiger charge is -2.11. The fourth-order valence-corrected chi connectivity index (χ4v) is 3.02. The maximum Gasteiger partial charge on any atom is 0.329 e. The number of aromatic nitrogens is 4. The largest absolute Gasteiger partial charge is 0.468 e. The zero-order chi connectivity index (χ0) is 17.3. The van der Waals surface area contributed by atoms with Crippen molar-refractivity contribution in [3.8, 4) is 0 Å². The Bertz CT molecular complexity index is 893. The van der Waals surface area contributed by atoms with Gasteiger partial charge in [0.25, 0.3) is 5.56 Å². The number of H-pyrrole nitrogens is 1. The van der Waals surface area contributed by atoms with Gasteiger partial charge in [0, 0.05) is 13.6 Å². The molecule has 2 aromatic heterocycles. The molecule has 23 heavy (non-hydrogen) atoms. The Morgan fingerprint density at radius 3 is 2.70 bits per heavy atom. The van der Waals surface area contributed by atoms with E-state index < -0.39 is 22.5 Å². The predicted octanol–water partition coefficient (Wildman–Crippen LogP) is 0.653. The van der Waals surface area contributed by atoms with Crippen molar-refractivity contribution >= 4 is 28.9 Å². The van der Waals surface area contributed by atoms with Crippen molar-refractivity contribution in [3.05, 3.63) is 33.0 Å². The first-order valence-corrected chi connectivity index (χ1v) is 7.72. The third kappa shape index (κ3) is 3.24. The molecule has 0 aliphatic carbocycles. The molecule has 0 radical (unpaired) electrons. The van der Waals surface area contributed by atoms with Crippen molar-refractivity contribution in [1.29, 1.82) is 0 Å². The van der Waals surface area contributed by atoms with E-state index in [0.29, 0.717) is 11.7 Å². The normalized spacial score (nSPS) is 12.3. The topological polar surface area (TPSA) is 99.0 Å². The number of carbonyl (C=O) groups excluding carboxylic acids is 1. The molecule has 0 aliphatic heterocycles. The number of hydrogen-bond donors (Lipinski definition) is 1. The molecular weight excluding hydrogens is 320 g/mol. The summed E-state index contributed by atoms with van der Waals surface area (Å²) in [6.07, 6.45) is 0. The van der Waals surface area contributed by atoms with E-state index in [1.807, 2.05) is 6.92 Å². The van der Waals surface area contributed by atoms with Gasteiger partial charge in [-0.15, -0.1) is 0 Å². The molecule has 0 saturated carbocycles. The number of rotatable bonds is 5. The van der Waals surface area contributed by atoms with Gasteiger partial charge in [0.05, 0.1) is 7.11 Å². The number of nitrogens with zero attached hydrogens (tertiary/aromatic N) is 3. The van der Waals surface area contributed by atoms with Crippen LogP contribution in [0, 0.1) is 0 Å². The molecule has 1 atom stereocenters. The molecule has 0 aromatic carbocycles. The fraction of sp³-hybridized carbons (Fsp3) is 0.429. The highest BCUT2D eigenvalue weighted by atomic mass is 32.2. The quantitative estimate of drug-likeness (QED) is 0.488. The summed E-state index contributed by atoms with van der Waals surface area (Å²) in [6, 6.07) is 0. The lowest BCUT2D eigenvalue weighted by Crippen LogP contribution is -2.29. The molecule has 9 heteroatoms. The Balaban J connectivity index is 2.68. The van der Waals surface area contributed by atoms with Gasteiger partial charge >= 0.3 is 11.7 Å². The minimum Gasteiger partial charge on any atom is -0.468 e. The van der Waals surface area contributed by atoms with Crippen LogP contribution in [0.2, 0.25) is 0 Å². The second kappa shape index (κ2) is 6.45. The standard InChI is InChI=1S/C14H18N4O4S/c1-7(2)6-18-9-10(17(4)13(21)16-11(9)19)15-14(18)23-8(3)12(20)22-5/h8H,1,6H2,2-5H3,(H,16,19,21)/t8-/m1/s1. The van der Waals surface area contributed by atoms with Gasteiger partial charge in [0.15, 0.2) is 16.3 Å². The number of allylic oxidation sites excluding steroid dienone is 1. The van der Waals surface area contributed by atoms with Crippen LogP contribution in [0.25, 0.3) is 11.2 Å². The summed E-state index contributed by atoms with van der Waals surface area (Å²) in [6.45, 7) is 7.71. The summed E-state index contributed by atoms with van der Waals surface area (Å²) in [7, 11) is 2.83. The van der Waals surface area contributed by atoms with Crippen LogP contribution in [0.5, 0.6) is 0 Å². The van der Waals surface area contributed by atoms with E-state index in [1.54, 1.807) is 11.5 Å². The van der Waals surface area contributed by atoms with Gasteiger partial charge in [-0.05, 0) is 13.8 Å². The molecule has 8 nitrogen and oxygen atoms in total. The van der Waals surface area contributed by atoms with Crippen LogP contribution >= 0.6 is 11.8 Å². The molecule has 0 unspecified atom stereocenters. The third-order valence-corrected chi connectivity index (χ3v) is 4.28. The first-order chi connectivity index (χ1) is 10.8. The lowest BCUT2D eigenvalue weighted by atomic mass is 10.3. The van der Waals surface area contributed by atoms with Crippen molar-refractivity contribution in [1.82, 2.24) is 19.1 Å². The van der Waals surface area contributed by atoms with Gasteiger partial charge in [-0.3, -0.25) is 19.1 Å². The van der Waals surface area contributed by atoms with Gasteiger partial charge in [0.1, 0.15) is 5.25 Å². The number of imidazole rings is 1. The first-order valence-electron chi connectivity index (χ1n) is 6.84. The number of hydrogen-bond acceptors (Lipinski definition) is 6. The van der Waals surface area contributed by atoms with Crippen LogP contribution in [-0.2, 0) is 23.1 Å². The van der Waals surface area contributed by atoms with Gasteiger partial charge in [0.2, 0.25) is 0 Å². The summed E-state index contributed by atoms with van der Waals surface area (Å²) in [5.41, 5.74) is 0.286. The summed E-state index contributed by atoms with van der Waals surface area (Å²) in [5, 5.41) is -0.0515. The number of aromatic amines is 1. The second-order valence-corrected chi connectivity index (χ2v) is 6.52. The first kappa shape index (κ1) is 17.1. The van der Waals surface area contributed by atoms with E-state index in [0.717, 1.165) is 17.3 Å². The predicted molar refractivity (Wildman–Crippen MR) is 87.7 cm³/mol. The summed E-state index contributed by atoms with van der Waals surface area (Å²) in [5.74, 6) is -0.397. The molecule has 0 saturated heterocycles. The Hall–Kier alpha value is -2.29. The van der Waals surface area contributed by atoms with Crippen LogP contribution in [0.3, 0.4) is 0 Å². The maximum atomic E-state index is 12.2. The van der Waals surface area contributed by atoms with E-state index in [4.69, 9.17) is 4.74 Å². The average Bonchev–Trinajstić information content (AvgIpc) is 2.82. The van der Waals surface area contributed by atoms with Crippen LogP contribution in [0.4, 0.5) is 0 Å². The fourth-order valence-electron chi connectivity index (χ4n) is 2.09.